The van der Waals surface area contributed by atoms with Gasteiger partial charge in [0, 0.05) is 17.6 Å². The SMILES string of the molecule is [2H]c1cccc2c1CNC2=O.[O]. The predicted molar refractivity (Wildman–Crippen MR) is 38.3 cm³/mol. The molecule has 1 aromatic rings. The van der Waals surface area contributed by atoms with Crippen LogP contribution >= 0.6 is 0 Å². The van der Waals surface area contributed by atoms with Crippen LogP contribution in [0.1, 0.15) is 17.3 Å². The highest BCUT2D eigenvalue weighted by Crippen LogP contribution is 2.13. The third-order valence-electron chi connectivity index (χ3n) is 1.61. The molecule has 0 saturated carbocycles. The minimum atomic E-state index is -0.0610. The average Bonchev–Trinajstić information content (AvgIpc) is 2.35. The number of amides is 1. The van der Waals surface area contributed by atoms with E-state index in [1.165, 1.54) is 0 Å². The lowest BCUT2D eigenvalue weighted by Crippen LogP contribution is -2.12. The molecule has 0 bridgehead atoms. The Kier molecular flexibility index (Phi) is 1.57. The number of hydrogen-bond acceptors (Lipinski definition) is 1. The fourth-order valence-electron chi connectivity index (χ4n) is 1.09. The number of nitrogens with one attached hydrogen (secondary N) is 1. The van der Waals surface area contributed by atoms with Crippen molar-refractivity contribution in [1.29, 1.82) is 0 Å². The molecule has 3 heteroatoms. The summed E-state index contributed by atoms with van der Waals surface area (Å²) in [6.07, 6.45) is 0. The Morgan fingerprint density at radius 2 is 2.36 bits per heavy atom. The first-order chi connectivity index (χ1) is 5.29. The van der Waals surface area contributed by atoms with Gasteiger partial charge in [0.25, 0.3) is 5.91 Å². The Labute approximate surface area is 65.8 Å². The van der Waals surface area contributed by atoms with Gasteiger partial charge in [0.15, 0.2) is 0 Å². The van der Waals surface area contributed by atoms with Crippen LogP contribution in [0.3, 0.4) is 0 Å². The Balaban J connectivity index is 0.000000720. The van der Waals surface area contributed by atoms with Crippen molar-refractivity contribution in [3.63, 3.8) is 0 Å². The average molecular weight is 150 g/mol. The number of benzene rings is 1. The lowest BCUT2D eigenvalue weighted by Gasteiger charge is -1.89. The smallest absolute Gasteiger partial charge is 0.251 e. The lowest BCUT2D eigenvalue weighted by atomic mass is 10.1. The van der Waals surface area contributed by atoms with E-state index in [1.54, 1.807) is 18.2 Å². The second-order valence-corrected chi connectivity index (χ2v) is 2.25. The summed E-state index contributed by atoms with van der Waals surface area (Å²) in [6.45, 7) is 0.508. The van der Waals surface area contributed by atoms with Gasteiger partial charge in [0.05, 0.1) is 1.37 Å². The molecule has 2 rings (SSSR count). The summed E-state index contributed by atoms with van der Waals surface area (Å²) >= 11 is 0. The summed E-state index contributed by atoms with van der Waals surface area (Å²) in [6, 6.07) is 5.61. The fraction of sp³-hybridized carbons (Fsp3) is 0.125. The molecule has 1 N–H and O–H groups in total. The second-order valence-electron chi connectivity index (χ2n) is 2.25. The topological polar surface area (TPSA) is 57.6 Å². The highest BCUT2D eigenvalue weighted by molar-refractivity contribution is 5.98. The van der Waals surface area contributed by atoms with Gasteiger partial charge >= 0.3 is 0 Å². The molecule has 0 aliphatic carbocycles. The fourth-order valence-corrected chi connectivity index (χ4v) is 1.09. The number of rotatable bonds is 0. The summed E-state index contributed by atoms with van der Waals surface area (Å²) in [7, 11) is 0. The maximum Gasteiger partial charge on any atom is 0.251 e. The summed E-state index contributed by atoms with van der Waals surface area (Å²) in [4.78, 5) is 11.0. The number of carbonyl (C=O) groups excluding carboxylic acids is 1. The van der Waals surface area contributed by atoms with Crippen molar-refractivity contribution in [2.75, 3.05) is 0 Å². The van der Waals surface area contributed by atoms with Gasteiger partial charge in [-0.3, -0.25) is 4.79 Å². The first kappa shape index (κ1) is 6.37. The highest BCUT2D eigenvalue weighted by atomic mass is 16.1. The first-order valence-corrected chi connectivity index (χ1v) is 3.16. The van der Waals surface area contributed by atoms with Crippen LogP contribution in [0.4, 0.5) is 0 Å². The predicted octanol–water partition coefficient (Wildman–Crippen LogP) is 0.811. The van der Waals surface area contributed by atoms with Gasteiger partial charge in [-0.2, -0.15) is 0 Å². The molecule has 0 fully saturated rings. The van der Waals surface area contributed by atoms with E-state index < -0.39 is 0 Å². The van der Waals surface area contributed by atoms with Crippen LogP contribution in [-0.4, -0.2) is 5.91 Å². The molecule has 1 aliphatic heterocycles. The number of fused-ring (bicyclic) bond motifs is 1. The zero-order valence-corrected chi connectivity index (χ0v) is 5.76. The standard InChI is InChI=1S/C8H7NO.O/c10-8-7-4-2-1-3-6(7)5-9-8;/h1-4H,5H2,(H,9,10);/i3D;. The monoisotopic (exact) mass is 150 g/mol. The van der Waals surface area contributed by atoms with Crippen LogP contribution in [0.5, 0.6) is 0 Å². The molecular formula is C8H7NO2. The van der Waals surface area contributed by atoms with E-state index in [-0.39, 0.29) is 11.4 Å². The molecule has 0 aromatic heterocycles. The van der Waals surface area contributed by atoms with Crippen molar-refractivity contribution in [2.24, 2.45) is 0 Å². The van der Waals surface area contributed by atoms with Crippen molar-refractivity contribution in [3.8, 4) is 0 Å². The quantitative estimate of drug-likeness (QED) is 0.584. The molecular weight excluding hydrogens is 142 g/mol. The number of hydrogen-bond donors (Lipinski definition) is 1. The van der Waals surface area contributed by atoms with E-state index >= 15 is 0 Å². The van der Waals surface area contributed by atoms with Gasteiger partial charge in [-0.05, 0) is 11.6 Å². The van der Waals surface area contributed by atoms with Gasteiger partial charge in [-0.1, -0.05) is 18.2 Å². The normalized spacial score (nSPS) is 14.5. The molecule has 1 aromatic carbocycles. The van der Waals surface area contributed by atoms with Crippen LogP contribution in [-0.2, 0) is 12.0 Å². The molecule has 0 unspecified atom stereocenters. The Morgan fingerprint density at radius 3 is 3.09 bits per heavy atom. The molecule has 56 valence electrons. The van der Waals surface area contributed by atoms with E-state index in [4.69, 9.17) is 1.37 Å². The molecule has 1 aliphatic rings. The van der Waals surface area contributed by atoms with Crippen molar-refractivity contribution in [2.45, 2.75) is 6.54 Å². The Bertz CT molecular complexity index is 325. The third kappa shape index (κ3) is 1.10. The van der Waals surface area contributed by atoms with Crippen LogP contribution < -0.4 is 5.32 Å². The van der Waals surface area contributed by atoms with Crippen LogP contribution in [0.15, 0.2) is 24.2 Å². The molecule has 1 amide bonds. The molecule has 2 radical (unpaired) electrons. The minimum Gasteiger partial charge on any atom is -0.348 e. The van der Waals surface area contributed by atoms with Crippen LogP contribution in [0.2, 0.25) is 0 Å². The van der Waals surface area contributed by atoms with Crippen LogP contribution in [0, 0.1) is 0 Å². The molecule has 0 atom stereocenters. The third-order valence-corrected chi connectivity index (χ3v) is 1.61. The Morgan fingerprint density at radius 1 is 1.55 bits per heavy atom. The highest BCUT2D eigenvalue weighted by Gasteiger charge is 2.16. The van der Waals surface area contributed by atoms with E-state index in [9.17, 15) is 4.79 Å². The lowest BCUT2D eigenvalue weighted by molar-refractivity contribution is 0.0966. The van der Waals surface area contributed by atoms with Gasteiger partial charge < -0.3 is 5.32 Å². The van der Waals surface area contributed by atoms with Gasteiger partial charge in [-0.25, -0.2) is 0 Å². The largest absolute Gasteiger partial charge is 0.348 e. The maximum atomic E-state index is 11.0. The van der Waals surface area contributed by atoms with E-state index in [1.807, 2.05) is 0 Å². The van der Waals surface area contributed by atoms with Gasteiger partial charge in [0.2, 0.25) is 0 Å². The van der Waals surface area contributed by atoms with Gasteiger partial charge in [0.1, 0.15) is 0 Å². The zero-order chi connectivity index (χ0) is 7.84. The summed E-state index contributed by atoms with van der Waals surface area (Å²) < 4.78 is 7.45. The maximum absolute atomic E-state index is 11.0. The summed E-state index contributed by atoms with van der Waals surface area (Å²) in [5, 5.41) is 2.67. The summed E-state index contributed by atoms with van der Waals surface area (Å²) in [5.74, 6) is -0.0610. The molecule has 11 heavy (non-hydrogen) atoms. The molecule has 0 spiro atoms. The molecule has 3 nitrogen and oxygen atoms in total. The second kappa shape index (κ2) is 2.72. The van der Waals surface area contributed by atoms with Crippen LogP contribution in [0.25, 0.3) is 0 Å². The van der Waals surface area contributed by atoms with Crippen molar-refractivity contribution in [1.82, 2.24) is 5.32 Å². The molecule has 0 saturated heterocycles. The molecule has 1 heterocycles. The van der Waals surface area contributed by atoms with Gasteiger partial charge in [-0.15, -0.1) is 0 Å². The zero-order valence-electron chi connectivity index (χ0n) is 6.76. The van der Waals surface area contributed by atoms with E-state index in [0.717, 1.165) is 5.56 Å². The Hall–Kier alpha value is -1.35. The van der Waals surface area contributed by atoms with Crippen molar-refractivity contribution >= 4 is 5.91 Å². The minimum absolute atomic E-state index is 0. The van der Waals surface area contributed by atoms with Crippen molar-refractivity contribution in [3.05, 3.63) is 35.4 Å². The van der Waals surface area contributed by atoms with E-state index in [0.29, 0.717) is 18.2 Å². The van der Waals surface area contributed by atoms with Crippen molar-refractivity contribution < 1.29 is 11.6 Å². The van der Waals surface area contributed by atoms with E-state index in [2.05, 4.69) is 5.32 Å². The number of carbonyl (C=O) groups is 1. The first-order valence-electron chi connectivity index (χ1n) is 3.66. The summed E-state index contributed by atoms with van der Waals surface area (Å²) in [5.41, 5.74) is 1.47.